The first kappa shape index (κ1) is 16.0. The predicted octanol–water partition coefficient (Wildman–Crippen LogP) is -7.23. The summed E-state index contributed by atoms with van der Waals surface area (Å²) in [5.41, 5.74) is 0. The smallest absolute Gasteiger partial charge is 0.357 e. The molecule has 8 heavy (non-hydrogen) atoms. The fraction of sp³-hybridized carbons (Fsp3) is 0. The molecule has 0 unspecified atom stereocenters. The van der Waals surface area contributed by atoms with Crippen molar-refractivity contribution in [2.45, 2.75) is 0 Å². The van der Waals surface area contributed by atoms with Crippen molar-refractivity contribution in [3.63, 3.8) is 0 Å². The van der Waals surface area contributed by atoms with Gasteiger partial charge in [0.05, 0.1) is 10.8 Å². The van der Waals surface area contributed by atoms with Crippen molar-refractivity contribution in [3.05, 3.63) is 0 Å². The first-order chi connectivity index (χ1) is 3.15. The molecule has 0 saturated carbocycles. The molecular formula is ClNaO5S. The molecule has 0 heterocycles. The van der Waals surface area contributed by atoms with E-state index in [0.717, 1.165) is 0 Å². The molecule has 0 spiro atoms. The van der Waals surface area contributed by atoms with E-state index in [1.165, 1.54) is 0 Å². The normalized spacial score (nSPS) is 6.00. The maximum atomic E-state index is 8.41. The van der Waals surface area contributed by atoms with Crippen LogP contribution in [0, 0.1) is 10.8 Å². The Hall–Kier alpha value is 0.990. The van der Waals surface area contributed by atoms with E-state index in [2.05, 4.69) is 0 Å². The molecule has 0 N–H and O–H groups in total. The summed E-state index contributed by atoms with van der Waals surface area (Å²) in [7, 11) is -2.85. The maximum absolute atomic E-state index is 8.41. The second-order valence-electron chi connectivity index (χ2n) is 0.257. The Labute approximate surface area is 74.0 Å². The van der Waals surface area contributed by atoms with Crippen LogP contribution in [0.25, 0.3) is 0 Å². The number of hydrogen-bond donors (Lipinski definition) is 0. The summed E-state index contributed by atoms with van der Waals surface area (Å²) in [6.45, 7) is 0. The monoisotopic (exact) mass is 170 g/mol. The SMILES string of the molecule is O=S=O.[Na+].[O-][Cl+2]([O-])[O-]. The molecule has 0 atom stereocenters. The molecule has 0 aromatic carbocycles. The molecule has 0 amide bonds. The van der Waals surface area contributed by atoms with Crippen LogP contribution in [-0.2, 0) is 11.6 Å². The summed E-state index contributed by atoms with van der Waals surface area (Å²) in [6, 6.07) is 0. The molecule has 0 aromatic heterocycles. The summed E-state index contributed by atoms with van der Waals surface area (Å²) < 4.78 is 41.8. The van der Waals surface area contributed by atoms with Gasteiger partial charge < -0.3 is 14.0 Å². The third kappa shape index (κ3) is 256. The van der Waals surface area contributed by atoms with Crippen molar-refractivity contribution >= 4 is 11.6 Å². The summed E-state index contributed by atoms with van der Waals surface area (Å²) in [5.74, 6) is 0. The largest absolute Gasteiger partial charge is 1.00 e. The van der Waals surface area contributed by atoms with Gasteiger partial charge in [-0.25, -0.2) is 0 Å². The quantitative estimate of drug-likeness (QED) is 0.336. The maximum Gasteiger partial charge on any atom is 1.00 e. The van der Waals surface area contributed by atoms with Crippen LogP contribution in [0.15, 0.2) is 0 Å². The molecule has 0 fully saturated rings. The zero-order valence-corrected chi connectivity index (χ0v) is 7.40. The zero-order valence-electron chi connectivity index (χ0n) is 3.83. The number of halogens is 1. The van der Waals surface area contributed by atoms with Gasteiger partial charge in [0, 0.05) is 0 Å². The van der Waals surface area contributed by atoms with E-state index in [0.29, 0.717) is 0 Å². The Kier molecular flexibility index (Phi) is 31.3. The molecule has 0 rings (SSSR count). The molecule has 0 aliphatic heterocycles. The van der Waals surface area contributed by atoms with Gasteiger partial charge in [0.1, 0.15) is 0 Å². The van der Waals surface area contributed by atoms with E-state index < -0.39 is 22.4 Å². The molecule has 8 heteroatoms. The van der Waals surface area contributed by atoms with Crippen LogP contribution in [0.5, 0.6) is 0 Å². The second kappa shape index (κ2) is 15.7. The minimum Gasteiger partial charge on any atom is -0.357 e. The third-order valence-electron chi connectivity index (χ3n) is 0. The standard InChI is InChI=1S/ClO3.Na.O2S/c2-1(3)4;;1-3-2/q-1;+1;. The fourth-order valence-corrected chi connectivity index (χ4v) is 0. The van der Waals surface area contributed by atoms with E-state index >= 15 is 0 Å². The van der Waals surface area contributed by atoms with Crippen LogP contribution in [0.3, 0.4) is 0 Å². The van der Waals surface area contributed by atoms with Crippen LogP contribution < -0.4 is 43.5 Å². The molecule has 0 bridgehead atoms. The fourth-order valence-electron chi connectivity index (χ4n) is 0. The molecule has 0 radical (unpaired) electrons. The van der Waals surface area contributed by atoms with Gasteiger partial charge in [0.25, 0.3) is 0 Å². The van der Waals surface area contributed by atoms with Crippen LogP contribution in [-0.4, -0.2) is 8.42 Å². The van der Waals surface area contributed by atoms with Crippen LogP contribution in [0.2, 0.25) is 0 Å². The Morgan fingerprint density at radius 2 is 1.12 bits per heavy atom. The van der Waals surface area contributed by atoms with E-state index in [1.807, 2.05) is 0 Å². The van der Waals surface area contributed by atoms with Crippen molar-refractivity contribution < 1.29 is 62.7 Å². The van der Waals surface area contributed by atoms with Crippen LogP contribution >= 0.6 is 0 Å². The summed E-state index contributed by atoms with van der Waals surface area (Å²) >= 11 is -0.750. The zero-order chi connectivity index (χ0) is 6.28. The van der Waals surface area contributed by atoms with Gasteiger partial charge >= 0.3 is 41.1 Å². The molecule has 0 aliphatic carbocycles. The van der Waals surface area contributed by atoms with Gasteiger partial charge in [-0.1, -0.05) is 0 Å². The third-order valence-corrected chi connectivity index (χ3v) is 0. The summed E-state index contributed by atoms with van der Waals surface area (Å²) in [6.07, 6.45) is 0. The number of rotatable bonds is 0. The van der Waals surface area contributed by atoms with Crippen LogP contribution in [0.4, 0.5) is 0 Å². The minimum atomic E-state index is -2.85. The minimum absolute atomic E-state index is 0. The van der Waals surface area contributed by atoms with Crippen molar-refractivity contribution in [2.24, 2.45) is 0 Å². The predicted molar refractivity (Wildman–Crippen MR) is 8.92 cm³/mol. The van der Waals surface area contributed by atoms with Gasteiger partial charge in [-0.2, -0.15) is 8.42 Å². The van der Waals surface area contributed by atoms with Gasteiger partial charge in [-0.05, 0) is 0 Å². The first-order valence-corrected chi connectivity index (χ1v) is 2.39. The summed E-state index contributed by atoms with van der Waals surface area (Å²) in [5, 5.41) is 0. The van der Waals surface area contributed by atoms with Gasteiger partial charge in [0.2, 0.25) is 0 Å². The van der Waals surface area contributed by atoms with Crippen molar-refractivity contribution in [2.75, 3.05) is 0 Å². The van der Waals surface area contributed by atoms with E-state index in [1.54, 1.807) is 0 Å². The average Bonchev–Trinajstić information content (AvgIpc) is 1.33. The van der Waals surface area contributed by atoms with Crippen LogP contribution in [0.1, 0.15) is 0 Å². The topological polar surface area (TPSA) is 103 Å². The Morgan fingerprint density at radius 1 is 1.12 bits per heavy atom. The average molecular weight is 171 g/mol. The molecule has 0 aliphatic rings. The van der Waals surface area contributed by atoms with E-state index in [9.17, 15) is 0 Å². The summed E-state index contributed by atoms with van der Waals surface area (Å²) in [4.78, 5) is 0. The van der Waals surface area contributed by atoms with Crippen molar-refractivity contribution in [3.8, 4) is 0 Å². The number of hydrogen-bond acceptors (Lipinski definition) is 5. The first-order valence-electron chi connectivity index (χ1n) is 0.796. The molecule has 5 nitrogen and oxygen atoms in total. The molecule has 0 aromatic rings. The van der Waals surface area contributed by atoms with Crippen molar-refractivity contribution in [1.82, 2.24) is 0 Å². The molecule has 44 valence electrons. The van der Waals surface area contributed by atoms with Gasteiger partial charge in [0.15, 0.2) is 0 Å². The molecule has 0 saturated heterocycles. The Balaban J connectivity index is -0.0000000575. The van der Waals surface area contributed by atoms with E-state index in [4.69, 9.17) is 22.4 Å². The second-order valence-corrected chi connectivity index (χ2v) is 0.771. The van der Waals surface area contributed by atoms with Gasteiger partial charge in [-0.3, -0.25) is 0 Å². The van der Waals surface area contributed by atoms with E-state index in [-0.39, 0.29) is 29.6 Å². The Bertz CT molecular complexity index is 54.7. The Morgan fingerprint density at radius 3 is 1.12 bits per heavy atom. The van der Waals surface area contributed by atoms with Gasteiger partial charge in [-0.15, -0.1) is 0 Å². The van der Waals surface area contributed by atoms with Crippen molar-refractivity contribution in [1.29, 1.82) is 0 Å². The molecular weight excluding hydrogens is 171 g/mol.